The monoisotopic (exact) mass is 622 g/mol. The average Bonchev–Trinajstić information content (AvgIpc) is 3.04. The summed E-state index contributed by atoms with van der Waals surface area (Å²) in [5.74, 6) is 1.08. The average molecular weight is 623 g/mol. The lowest BCUT2D eigenvalue weighted by molar-refractivity contribution is -0.612. The highest BCUT2D eigenvalue weighted by Crippen LogP contribution is 2.33. The van der Waals surface area contributed by atoms with Crippen LogP contribution in [-0.2, 0) is 17.9 Å². The van der Waals surface area contributed by atoms with Gasteiger partial charge < -0.3 is 24.3 Å². The summed E-state index contributed by atoms with van der Waals surface area (Å²) in [6, 6.07) is 17.0. The number of piperidine rings is 2. The van der Waals surface area contributed by atoms with E-state index in [1.807, 2.05) is 48.2 Å². The molecule has 2 saturated heterocycles. The summed E-state index contributed by atoms with van der Waals surface area (Å²) in [7, 11) is 1.57. The number of carbonyl (C=O) groups is 2. The fourth-order valence-corrected chi connectivity index (χ4v) is 6.34. The highest BCUT2D eigenvalue weighted by atomic mass is 35.5. The third-order valence-corrected chi connectivity index (χ3v) is 8.86. The fourth-order valence-electron chi connectivity index (χ4n) is 6.34. The number of rotatable bonds is 7. The Hall–Kier alpha value is -4.02. The number of pyridine rings is 1. The molecule has 4 heterocycles. The van der Waals surface area contributed by atoms with Crippen molar-refractivity contribution in [1.29, 1.82) is 0 Å². The Morgan fingerprint density at radius 3 is 2.52 bits per heavy atom. The molecule has 3 aliphatic rings. The van der Waals surface area contributed by atoms with E-state index in [0.29, 0.717) is 49.6 Å². The summed E-state index contributed by atoms with van der Waals surface area (Å²) in [5.41, 5.74) is 4.18. The summed E-state index contributed by atoms with van der Waals surface area (Å²) < 4.78 is 18.3. The maximum Gasteiger partial charge on any atom is 0.414 e. The van der Waals surface area contributed by atoms with Crippen molar-refractivity contribution < 1.29 is 28.5 Å². The molecule has 0 saturated carbocycles. The molecule has 0 N–H and O–H groups in total. The second-order valence-electron chi connectivity index (χ2n) is 11.5. The van der Waals surface area contributed by atoms with Gasteiger partial charge in [0.2, 0.25) is 0 Å². The zero-order valence-electron chi connectivity index (χ0n) is 25.1. The van der Waals surface area contributed by atoms with Gasteiger partial charge in [-0.15, -0.1) is 12.4 Å². The second kappa shape index (κ2) is 13.7. The SMILES string of the molecule is COc1cc(OC2CCN(Cc3ccc[n+]([O-])c3C)CC2)ccc1C(=O)N1CCC(N2C(=O)OCc3ccccc32)CC1.Cl. The molecule has 3 aromatic rings. The number of fused-ring (bicyclic) bond motifs is 1. The number of ether oxygens (including phenoxy) is 3. The molecule has 1 aromatic heterocycles. The van der Waals surface area contributed by atoms with E-state index < -0.39 is 0 Å². The van der Waals surface area contributed by atoms with Crippen LogP contribution in [0, 0.1) is 12.1 Å². The van der Waals surface area contributed by atoms with Crippen molar-refractivity contribution in [1.82, 2.24) is 9.80 Å². The predicted octanol–water partition coefficient (Wildman–Crippen LogP) is 4.86. The number of halogens is 1. The Morgan fingerprint density at radius 2 is 1.77 bits per heavy atom. The summed E-state index contributed by atoms with van der Waals surface area (Å²) >= 11 is 0. The van der Waals surface area contributed by atoms with Crippen LogP contribution in [0.2, 0.25) is 0 Å². The third-order valence-electron chi connectivity index (χ3n) is 8.86. The molecule has 0 unspecified atom stereocenters. The summed E-state index contributed by atoms with van der Waals surface area (Å²) in [6.07, 6.45) is 4.34. The van der Waals surface area contributed by atoms with Crippen molar-refractivity contribution in [3.05, 3.63) is 88.4 Å². The number of hydrogen-bond donors (Lipinski definition) is 0. The second-order valence-corrected chi connectivity index (χ2v) is 11.5. The molecule has 6 rings (SSSR count). The van der Waals surface area contributed by atoms with Gasteiger partial charge in [0.05, 0.1) is 18.4 Å². The predicted molar refractivity (Wildman–Crippen MR) is 167 cm³/mol. The number of methoxy groups -OCH3 is 1. The number of para-hydroxylation sites is 1. The van der Waals surface area contributed by atoms with Gasteiger partial charge in [-0.2, -0.15) is 4.73 Å². The number of likely N-dealkylation sites (tertiary alicyclic amines) is 2. The van der Waals surface area contributed by atoms with Gasteiger partial charge in [0.1, 0.15) is 24.2 Å². The van der Waals surface area contributed by atoms with Gasteiger partial charge in [0.15, 0.2) is 11.9 Å². The van der Waals surface area contributed by atoms with Crippen LogP contribution in [0.4, 0.5) is 10.5 Å². The molecule has 2 fully saturated rings. The molecule has 2 amide bonds. The van der Waals surface area contributed by atoms with E-state index in [1.165, 1.54) is 6.20 Å². The first-order valence-electron chi connectivity index (χ1n) is 15.0. The van der Waals surface area contributed by atoms with Crippen LogP contribution < -0.4 is 19.1 Å². The first-order valence-corrected chi connectivity index (χ1v) is 15.0. The molecule has 0 bridgehead atoms. The first-order chi connectivity index (χ1) is 20.9. The van der Waals surface area contributed by atoms with Crippen LogP contribution in [0.5, 0.6) is 11.5 Å². The number of carbonyl (C=O) groups excluding carboxylic acids is 2. The summed E-state index contributed by atoms with van der Waals surface area (Å²) in [6.45, 7) is 5.72. The van der Waals surface area contributed by atoms with Gasteiger partial charge in [-0.3, -0.25) is 14.6 Å². The van der Waals surface area contributed by atoms with Crippen LogP contribution in [0.3, 0.4) is 0 Å². The largest absolute Gasteiger partial charge is 0.619 e. The van der Waals surface area contributed by atoms with Gasteiger partial charge >= 0.3 is 6.09 Å². The normalized spacial score (nSPS) is 17.8. The van der Waals surface area contributed by atoms with Crippen molar-refractivity contribution in [2.24, 2.45) is 0 Å². The van der Waals surface area contributed by atoms with Crippen LogP contribution in [0.25, 0.3) is 0 Å². The minimum Gasteiger partial charge on any atom is -0.619 e. The third kappa shape index (κ3) is 6.56. The molecule has 3 aliphatic heterocycles. The molecule has 0 spiro atoms. The van der Waals surface area contributed by atoms with Crippen LogP contribution >= 0.6 is 12.4 Å². The lowest BCUT2D eigenvalue weighted by Crippen LogP contribution is -2.50. The number of amides is 2. The van der Waals surface area contributed by atoms with E-state index >= 15 is 0 Å². The minimum atomic E-state index is -0.324. The lowest BCUT2D eigenvalue weighted by atomic mass is 10.00. The maximum absolute atomic E-state index is 13.5. The van der Waals surface area contributed by atoms with Gasteiger partial charge in [0.25, 0.3) is 5.91 Å². The van der Waals surface area contributed by atoms with Crippen molar-refractivity contribution in [2.75, 3.05) is 38.2 Å². The molecule has 0 aliphatic carbocycles. The number of benzene rings is 2. The topological polar surface area (TPSA) is 98.5 Å². The van der Waals surface area contributed by atoms with Crippen molar-refractivity contribution >= 4 is 30.1 Å². The van der Waals surface area contributed by atoms with E-state index in [0.717, 1.165) is 59.7 Å². The number of cyclic esters (lactones) is 1. The van der Waals surface area contributed by atoms with Crippen molar-refractivity contribution in [3.63, 3.8) is 0 Å². The van der Waals surface area contributed by atoms with Crippen LogP contribution in [0.15, 0.2) is 60.8 Å². The minimum absolute atomic E-state index is 0. The highest BCUT2D eigenvalue weighted by molar-refractivity contribution is 5.97. The summed E-state index contributed by atoms with van der Waals surface area (Å²) in [5, 5.41) is 11.9. The quantitative estimate of drug-likeness (QED) is 0.274. The smallest absolute Gasteiger partial charge is 0.414 e. The zero-order chi connectivity index (χ0) is 29.9. The molecule has 44 heavy (non-hydrogen) atoms. The number of hydrogen-bond acceptors (Lipinski definition) is 7. The molecular formula is C33H39ClN4O6. The van der Waals surface area contributed by atoms with E-state index in [9.17, 15) is 14.8 Å². The first kappa shape index (κ1) is 31.4. The summed E-state index contributed by atoms with van der Waals surface area (Å²) in [4.78, 5) is 32.1. The molecule has 0 radical (unpaired) electrons. The molecular weight excluding hydrogens is 584 g/mol. The number of anilines is 1. The van der Waals surface area contributed by atoms with Crippen LogP contribution in [-0.4, -0.2) is 67.2 Å². The van der Waals surface area contributed by atoms with Crippen LogP contribution in [0.1, 0.15) is 52.9 Å². The number of aromatic nitrogens is 1. The van der Waals surface area contributed by atoms with E-state index in [4.69, 9.17) is 14.2 Å². The van der Waals surface area contributed by atoms with Gasteiger partial charge in [-0.05, 0) is 49.9 Å². The fraction of sp³-hybridized carbons (Fsp3) is 0.424. The molecule has 10 nitrogen and oxygen atoms in total. The van der Waals surface area contributed by atoms with E-state index in [2.05, 4.69) is 4.90 Å². The highest BCUT2D eigenvalue weighted by Gasteiger charge is 2.35. The van der Waals surface area contributed by atoms with E-state index in [1.54, 1.807) is 30.2 Å². The Kier molecular flexibility index (Phi) is 9.80. The zero-order valence-corrected chi connectivity index (χ0v) is 26.0. The van der Waals surface area contributed by atoms with Gasteiger partial charge in [-0.25, -0.2) is 4.79 Å². The van der Waals surface area contributed by atoms with Gasteiger partial charge in [-0.1, -0.05) is 18.2 Å². The maximum atomic E-state index is 13.5. The molecule has 2 aromatic carbocycles. The number of nitrogens with zero attached hydrogens (tertiary/aromatic N) is 4. The molecule has 11 heteroatoms. The Balaban J connectivity index is 0.00000384. The standard InChI is InChI=1S/C33H38N4O6.ClH/c1-23-24(7-5-15-36(23)40)21-34-16-13-27(14-17-34)43-28-9-10-29(31(20-28)41-2)32(38)35-18-11-26(12-19-35)37-30-8-4-3-6-25(30)22-42-33(37)39;/h3-10,15,20,26-27H,11-14,16-19,21-22H2,1-2H3;1H. The molecule has 0 atom stereocenters. The Labute approximate surface area is 264 Å². The van der Waals surface area contributed by atoms with Crippen molar-refractivity contribution in [2.45, 2.75) is 57.9 Å². The van der Waals surface area contributed by atoms with Gasteiger partial charge in [0, 0.05) is 68.9 Å². The Bertz CT molecular complexity index is 1490. The Morgan fingerprint density at radius 1 is 1.02 bits per heavy atom. The van der Waals surface area contributed by atoms with Crippen molar-refractivity contribution in [3.8, 4) is 11.5 Å². The van der Waals surface area contributed by atoms with E-state index in [-0.39, 0.29) is 36.6 Å². The molecule has 234 valence electrons. The lowest BCUT2D eigenvalue weighted by Gasteiger charge is -2.40.